The van der Waals surface area contributed by atoms with Crippen LogP contribution >= 0.6 is 11.6 Å². The maximum absolute atomic E-state index is 13.8. The van der Waals surface area contributed by atoms with E-state index in [1.165, 1.54) is 6.07 Å². The molecule has 1 N–H and O–H groups in total. The van der Waals surface area contributed by atoms with Gasteiger partial charge in [-0.2, -0.15) is 5.10 Å². The van der Waals surface area contributed by atoms with Gasteiger partial charge in [-0.15, -0.1) is 0 Å². The van der Waals surface area contributed by atoms with Crippen molar-refractivity contribution in [1.82, 2.24) is 9.78 Å². The zero-order chi connectivity index (χ0) is 14.2. The maximum atomic E-state index is 13.8. The minimum Gasteiger partial charge on any atom is -0.389 e. The molecule has 102 valence electrons. The Morgan fingerprint density at radius 3 is 2.63 bits per heavy atom. The SMILES string of the molecule is Cc1nn(Cc2ccc(Cl)cc2F)c(C)c1C(C)O. The Morgan fingerprint density at radius 1 is 1.42 bits per heavy atom. The number of benzene rings is 1. The van der Waals surface area contributed by atoms with E-state index in [0.717, 1.165) is 17.0 Å². The number of halogens is 2. The van der Waals surface area contributed by atoms with Crippen molar-refractivity contribution in [3.63, 3.8) is 0 Å². The molecule has 0 amide bonds. The second-order valence-electron chi connectivity index (χ2n) is 4.65. The molecular formula is C14H16ClFN2O. The zero-order valence-electron chi connectivity index (χ0n) is 11.1. The monoisotopic (exact) mass is 282 g/mol. The molecule has 2 aromatic rings. The van der Waals surface area contributed by atoms with Gasteiger partial charge < -0.3 is 5.11 Å². The predicted octanol–water partition coefficient (Wildman–Crippen LogP) is 3.39. The smallest absolute Gasteiger partial charge is 0.129 e. The van der Waals surface area contributed by atoms with Gasteiger partial charge in [0, 0.05) is 21.8 Å². The van der Waals surface area contributed by atoms with Crippen LogP contribution in [0, 0.1) is 19.7 Å². The Balaban J connectivity index is 2.36. The Bertz CT molecular complexity index is 608. The van der Waals surface area contributed by atoms with E-state index in [1.54, 1.807) is 23.7 Å². The highest BCUT2D eigenvalue weighted by Crippen LogP contribution is 2.22. The summed E-state index contributed by atoms with van der Waals surface area (Å²) in [6.07, 6.45) is -0.580. The number of aromatic nitrogens is 2. The molecule has 0 saturated heterocycles. The highest BCUT2D eigenvalue weighted by Gasteiger charge is 2.16. The second kappa shape index (κ2) is 5.31. The summed E-state index contributed by atoms with van der Waals surface area (Å²) >= 11 is 5.73. The van der Waals surface area contributed by atoms with E-state index >= 15 is 0 Å². The van der Waals surface area contributed by atoms with Crippen LogP contribution in [-0.2, 0) is 6.54 Å². The lowest BCUT2D eigenvalue weighted by Gasteiger charge is -2.08. The van der Waals surface area contributed by atoms with Gasteiger partial charge in [-0.3, -0.25) is 4.68 Å². The van der Waals surface area contributed by atoms with Crippen LogP contribution < -0.4 is 0 Å². The van der Waals surface area contributed by atoms with E-state index in [9.17, 15) is 9.50 Å². The number of hydrogen-bond donors (Lipinski definition) is 1. The molecule has 0 radical (unpaired) electrons. The van der Waals surface area contributed by atoms with Gasteiger partial charge in [0.2, 0.25) is 0 Å². The standard InChI is InChI=1S/C14H16ClFN2O/c1-8-14(10(3)19)9(2)18(17-8)7-11-4-5-12(15)6-13(11)16/h4-6,10,19H,7H2,1-3H3. The lowest BCUT2D eigenvalue weighted by atomic mass is 10.1. The van der Waals surface area contributed by atoms with Crippen LogP contribution in [0.5, 0.6) is 0 Å². The van der Waals surface area contributed by atoms with Crippen LogP contribution in [0.4, 0.5) is 4.39 Å². The van der Waals surface area contributed by atoms with Crippen LogP contribution in [0.25, 0.3) is 0 Å². The fourth-order valence-corrected chi connectivity index (χ4v) is 2.44. The van der Waals surface area contributed by atoms with Crippen molar-refractivity contribution in [2.75, 3.05) is 0 Å². The molecule has 1 aromatic heterocycles. The molecule has 1 heterocycles. The molecule has 0 aliphatic rings. The summed E-state index contributed by atoms with van der Waals surface area (Å²) in [5.41, 5.74) is 2.94. The third-order valence-electron chi connectivity index (χ3n) is 3.19. The van der Waals surface area contributed by atoms with Gasteiger partial charge in [0.1, 0.15) is 5.82 Å². The molecule has 0 aliphatic carbocycles. The third kappa shape index (κ3) is 2.80. The molecule has 1 aromatic carbocycles. The number of aryl methyl sites for hydroxylation is 1. The molecule has 2 rings (SSSR count). The van der Waals surface area contributed by atoms with E-state index < -0.39 is 6.10 Å². The van der Waals surface area contributed by atoms with E-state index in [0.29, 0.717) is 17.1 Å². The Morgan fingerprint density at radius 2 is 2.11 bits per heavy atom. The summed E-state index contributed by atoms with van der Waals surface area (Å²) in [7, 11) is 0. The van der Waals surface area contributed by atoms with Crippen molar-refractivity contribution >= 4 is 11.6 Å². The first-order chi connectivity index (χ1) is 8.90. The van der Waals surface area contributed by atoms with Gasteiger partial charge in [-0.1, -0.05) is 17.7 Å². The van der Waals surface area contributed by atoms with Gasteiger partial charge in [-0.25, -0.2) is 4.39 Å². The Hall–Kier alpha value is -1.39. The van der Waals surface area contributed by atoms with Crippen LogP contribution in [0.2, 0.25) is 5.02 Å². The Labute approximate surface area is 116 Å². The van der Waals surface area contributed by atoms with Crippen LogP contribution in [0.1, 0.15) is 35.5 Å². The molecule has 0 aliphatic heterocycles. The largest absolute Gasteiger partial charge is 0.389 e. The zero-order valence-corrected chi connectivity index (χ0v) is 11.9. The van der Waals surface area contributed by atoms with Gasteiger partial charge in [0.05, 0.1) is 18.3 Å². The minimum absolute atomic E-state index is 0.322. The fourth-order valence-electron chi connectivity index (χ4n) is 2.28. The average molecular weight is 283 g/mol. The number of aliphatic hydroxyl groups is 1. The number of rotatable bonds is 3. The third-order valence-corrected chi connectivity index (χ3v) is 3.43. The van der Waals surface area contributed by atoms with Crippen LogP contribution in [0.3, 0.4) is 0 Å². The van der Waals surface area contributed by atoms with Crippen molar-refractivity contribution in [1.29, 1.82) is 0 Å². The first-order valence-electron chi connectivity index (χ1n) is 6.06. The van der Waals surface area contributed by atoms with Gasteiger partial charge in [0.15, 0.2) is 0 Å². The number of nitrogens with zero attached hydrogens (tertiary/aromatic N) is 2. The van der Waals surface area contributed by atoms with Gasteiger partial charge >= 0.3 is 0 Å². The molecule has 3 nitrogen and oxygen atoms in total. The number of aliphatic hydroxyl groups excluding tert-OH is 1. The average Bonchev–Trinajstić information content (AvgIpc) is 2.58. The molecule has 1 unspecified atom stereocenters. The summed E-state index contributed by atoms with van der Waals surface area (Å²) in [4.78, 5) is 0. The number of hydrogen-bond acceptors (Lipinski definition) is 2. The summed E-state index contributed by atoms with van der Waals surface area (Å²) in [6, 6.07) is 4.59. The Kier molecular flexibility index (Phi) is 3.92. The summed E-state index contributed by atoms with van der Waals surface area (Å²) in [6.45, 7) is 5.73. The van der Waals surface area contributed by atoms with E-state index in [4.69, 9.17) is 11.6 Å². The summed E-state index contributed by atoms with van der Waals surface area (Å²) in [5.74, 6) is -0.348. The van der Waals surface area contributed by atoms with E-state index in [-0.39, 0.29) is 5.82 Å². The summed E-state index contributed by atoms with van der Waals surface area (Å²) < 4.78 is 15.5. The first kappa shape index (κ1) is 14.0. The van der Waals surface area contributed by atoms with Gasteiger partial charge in [-0.05, 0) is 32.9 Å². The molecule has 19 heavy (non-hydrogen) atoms. The van der Waals surface area contributed by atoms with Crippen molar-refractivity contribution in [2.45, 2.75) is 33.4 Å². The van der Waals surface area contributed by atoms with Gasteiger partial charge in [0.25, 0.3) is 0 Å². The van der Waals surface area contributed by atoms with Crippen LogP contribution in [-0.4, -0.2) is 14.9 Å². The normalized spacial score (nSPS) is 12.7. The molecule has 5 heteroatoms. The quantitative estimate of drug-likeness (QED) is 0.937. The fraction of sp³-hybridized carbons (Fsp3) is 0.357. The molecule has 1 atom stereocenters. The summed E-state index contributed by atoms with van der Waals surface area (Å²) in [5, 5.41) is 14.4. The highest BCUT2D eigenvalue weighted by molar-refractivity contribution is 6.30. The maximum Gasteiger partial charge on any atom is 0.129 e. The lowest BCUT2D eigenvalue weighted by molar-refractivity contribution is 0.197. The highest BCUT2D eigenvalue weighted by atomic mass is 35.5. The van der Waals surface area contributed by atoms with E-state index in [1.807, 2.05) is 13.8 Å². The van der Waals surface area contributed by atoms with Crippen molar-refractivity contribution in [2.24, 2.45) is 0 Å². The van der Waals surface area contributed by atoms with E-state index in [2.05, 4.69) is 5.10 Å². The van der Waals surface area contributed by atoms with Crippen LogP contribution in [0.15, 0.2) is 18.2 Å². The lowest BCUT2D eigenvalue weighted by Crippen LogP contribution is -2.06. The first-order valence-corrected chi connectivity index (χ1v) is 6.44. The predicted molar refractivity (Wildman–Crippen MR) is 72.8 cm³/mol. The van der Waals surface area contributed by atoms with Crippen molar-refractivity contribution < 1.29 is 9.50 Å². The van der Waals surface area contributed by atoms with Crippen molar-refractivity contribution in [3.05, 3.63) is 51.6 Å². The molecular weight excluding hydrogens is 267 g/mol. The molecule has 0 spiro atoms. The topological polar surface area (TPSA) is 38.0 Å². The minimum atomic E-state index is -0.580. The van der Waals surface area contributed by atoms with Crippen molar-refractivity contribution in [3.8, 4) is 0 Å². The second-order valence-corrected chi connectivity index (χ2v) is 5.09. The molecule has 0 fully saturated rings. The molecule has 0 bridgehead atoms. The molecule has 0 saturated carbocycles.